The molecule has 7 heteroatoms. The van der Waals surface area contributed by atoms with E-state index in [1.165, 1.54) is 14.2 Å². The summed E-state index contributed by atoms with van der Waals surface area (Å²) < 4.78 is 10.4. The van der Waals surface area contributed by atoms with Crippen molar-refractivity contribution in [2.24, 2.45) is 0 Å². The Morgan fingerprint density at radius 2 is 1.63 bits per heavy atom. The van der Waals surface area contributed by atoms with Crippen molar-refractivity contribution in [3.05, 3.63) is 59.7 Å². The van der Waals surface area contributed by atoms with Crippen molar-refractivity contribution in [3.8, 4) is 11.5 Å². The van der Waals surface area contributed by atoms with Crippen LogP contribution in [0.5, 0.6) is 11.5 Å². The fraction of sp³-hybridized carbons (Fsp3) is 0.300. The first-order chi connectivity index (χ1) is 13.1. The molecule has 1 aliphatic carbocycles. The molecule has 2 amide bonds. The lowest BCUT2D eigenvalue weighted by atomic mass is 10.1. The molecule has 7 nitrogen and oxygen atoms in total. The molecule has 0 heterocycles. The summed E-state index contributed by atoms with van der Waals surface area (Å²) in [6.45, 7) is 0. The van der Waals surface area contributed by atoms with Crippen molar-refractivity contribution < 1.29 is 19.1 Å². The molecule has 3 rings (SSSR count). The van der Waals surface area contributed by atoms with Gasteiger partial charge in [-0.05, 0) is 30.5 Å². The Hall–Kier alpha value is -3.06. The largest absolute Gasteiger partial charge is 0.497 e. The summed E-state index contributed by atoms with van der Waals surface area (Å²) in [5, 5.41) is 2.96. The Bertz CT molecular complexity index is 784. The highest BCUT2D eigenvalue weighted by atomic mass is 16.5. The van der Waals surface area contributed by atoms with Gasteiger partial charge in [0, 0.05) is 17.7 Å². The maximum Gasteiger partial charge on any atom is 0.265 e. The van der Waals surface area contributed by atoms with Crippen molar-refractivity contribution in [3.63, 3.8) is 0 Å². The lowest BCUT2D eigenvalue weighted by Gasteiger charge is -2.19. The zero-order valence-corrected chi connectivity index (χ0v) is 15.3. The maximum absolute atomic E-state index is 12.6. The summed E-state index contributed by atoms with van der Waals surface area (Å²) in [4.78, 5) is 25.1. The number of ether oxygens (including phenoxy) is 2. The van der Waals surface area contributed by atoms with Gasteiger partial charge in [-0.15, -0.1) is 0 Å². The second kappa shape index (κ2) is 8.55. The van der Waals surface area contributed by atoms with Crippen LogP contribution in [-0.2, 0) is 4.79 Å². The lowest BCUT2D eigenvalue weighted by molar-refractivity contribution is -0.123. The highest BCUT2D eigenvalue weighted by Crippen LogP contribution is 2.23. The fourth-order valence-corrected chi connectivity index (χ4v) is 2.61. The Morgan fingerprint density at radius 3 is 2.19 bits per heavy atom. The topological polar surface area (TPSA) is 88.7 Å². The summed E-state index contributed by atoms with van der Waals surface area (Å²) in [5.41, 5.74) is 6.58. The third-order valence-corrected chi connectivity index (χ3v) is 4.26. The van der Waals surface area contributed by atoms with Crippen LogP contribution in [0.4, 0.5) is 0 Å². The third-order valence-electron chi connectivity index (χ3n) is 4.26. The van der Waals surface area contributed by atoms with Gasteiger partial charge in [-0.25, -0.2) is 5.43 Å². The van der Waals surface area contributed by atoms with Crippen molar-refractivity contribution in [2.45, 2.75) is 24.9 Å². The molecule has 1 atom stereocenters. The predicted molar refractivity (Wildman–Crippen MR) is 100 cm³/mol. The van der Waals surface area contributed by atoms with E-state index in [9.17, 15) is 9.59 Å². The molecule has 1 aliphatic rings. The van der Waals surface area contributed by atoms with Gasteiger partial charge in [-0.1, -0.05) is 30.3 Å². The molecule has 0 spiro atoms. The molecule has 27 heavy (non-hydrogen) atoms. The van der Waals surface area contributed by atoms with Gasteiger partial charge in [-0.3, -0.25) is 15.0 Å². The number of carbonyl (C=O) groups is 2. The molecule has 1 saturated carbocycles. The number of hydrazine groups is 1. The Morgan fingerprint density at radius 1 is 1.00 bits per heavy atom. The van der Waals surface area contributed by atoms with Crippen LogP contribution < -0.4 is 25.6 Å². The number of nitrogens with one attached hydrogen (secondary N) is 3. The monoisotopic (exact) mass is 369 g/mol. The van der Waals surface area contributed by atoms with E-state index in [1.807, 2.05) is 30.3 Å². The molecule has 0 aromatic heterocycles. The number of hydrogen-bond acceptors (Lipinski definition) is 5. The predicted octanol–water partition coefficient (Wildman–Crippen LogP) is 1.96. The quantitative estimate of drug-likeness (QED) is 0.619. The van der Waals surface area contributed by atoms with Gasteiger partial charge in [0.05, 0.1) is 14.2 Å². The molecule has 1 fully saturated rings. The highest BCUT2D eigenvalue weighted by Gasteiger charge is 2.28. The van der Waals surface area contributed by atoms with Crippen molar-refractivity contribution in [1.82, 2.24) is 16.2 Å². The van der Waals surface area contributed by atoms with Crippen molar-refractivity contribution >= 4 is 11.8 Å². The number of methoxy groups -OCH3 is 2. The van der Waals surface area contributed by atoms with Crippen LogP contribution in [0.25, 0.3) is 0 Å². The zero-order valence-electron chi connectivity index (χ0n) is 15.3. The number of benzene rings is 2. The average molecular weight is 369 g/mol. The minimum atomic E-state index is -0.691. The molecule has 2 aromatic rings. The van der Waals surface area contributed by atoms with Crippen LogP contribution in [0.15, 0.2) is 48.5 Å². The zero-order chi connectivity index (χ0) is 19.2. The van der Waals surface area contributed by atoms with Gasteiger partial charge in [0.15, 0.2) is 0 Å². The molecule has 142 valence electrons. The molecule has 0 aliphatic heterocycles. The molecular weight excluding hydrogens is 346 g/mol. The minimum Gasteiger partial charge on any atom is -0.497 e. The van der Waals surface area contributed by atoms with Crippen LogP contribution >= 0.6 is 0 Å². The first-order valence-electron chi connectivity index (χ1n) is 8.75. The fourth-order valence-electron chi connectivity index (χ4n) is 2.61. The van der Waals surface area contributed by atoms with E-state index in [2.05, 4.69) is 16.2 Å². The van der Waals surface area contributed by atoms with E-state index in [-0.39, 0.29) is 11.9 Å². The standard InChI is InChI=1S/C20H23N3O4/c1-26-16-10-14(11-17(12-16)27-2)19(24)23-22-18(13-6-4-3-5-7-13)20(25)21-15-8-9-15/h3-7,10-12,15,18,22H,8-9H2,1-2H3,(H,21,25)(H,23,24). The number of carbonyl (C=O) groups excluding carboxylic acids is 2. The van der Waals surface area contributed by atoms with Crippen molar-refractivity contribution in [2.75, 3.05) is 14.2 Å². The molecule has 3 N–H and O–H groups in total. The summed E-state index contributed by atoms with van der Waals surface area (Å²) in [5.74, 6) is 0.441. The van der Waals surface area contributed by atoms with Crippen LogP contribution in [0.3, 0.4) is 0 Å². The van der Waals surface area contributed by atoms with Gasteiger partial charge in [0.1, 0.15) is 17.5 Å². The van der Waals surface area contributed by atoms with E-state index >= 15 is 0 Å². The van der Waals surface area contributed by atoms with E-state index in [1.54, 1.807) is 18.2 Å². The Labute approximate surface area is 158 Å². The van der Waals surface area contributed by atoms with Gasteiger partial charge in [-0.2, -0.15) is 0 Å². The van der Waals surface area contributed by atoms with Crippen LogP contribution in [0, 0.1) is 0 Å². The van der Waals surface area contributed by atoms with Crippen LogP contribution in [0.2, 0.25) is 0 Å². The summed E-state index contributed by atoms with van der Waals surface area (Å²) in [6, 6.07) is 13.7. The molecule has 0 radical (unpaired) electrons. The number of amides is 2. The summed E-state index contributed by atoms with van der Waals surface area (Å²) >= 11 is 0. The number of hydrogen-bond donors (Lipinski definition) is 3. The minimum absolute atomic E-state index is 0.174. The molecule has 2 aromatic carbocycles. The summed E-state index contributed by atoms with van der Waals surface area (Å²) in [6.07, 6.45) is 1.98. The average Bonchev–Trinajstić information content (AvgIpc) is 3.52. The summed E-state index contributed by atoms with van der Waals surface area (Å²) in [7, 11) is 3.03. The molecule has 0 bridgehead atoms. The lowest BCUT2D eigenvalue weighted by Crippen LogP contribution is -2.46. The van der Waals surface area contributed by atoms with E-state index in [0.717, 1.165) is 18.4 Å². The highest BCUT2D eigenvalue weighted by molar-refractivity contribution is 5.95. The molecular formula is C20H23N3O4. The van der Waals surface area contributed by atoms with Gasteiger partial charge in [0.2, 0.25) is 5.91 Å². The van der Waals surface area contributed by atoms with Gasteiger partial charge >= 0.3 is 0 Å². The smallest absolute Gasteiger partial charge is 0.265 e. The Kier molecular flexibility index (Phi) is 5.93. The molecule has 0 saturated heterocycles. The maximum atomic E-state index is 12.6. The Balaban J connectivity index is 1.72. The second-order valence-corrected chi connectivity index (χ2v) is 6.33. The van der Waals surface area contributed by atoms with Gasteiger partial charge in [0.25, 0.3) is 5.91 Å². The van der Waals surface area contributed by atoms with E-state index < -0.39 is 11.9 Å². The van der Waals surface area contributed by atoms with E-state index in [0.29, 0.717) is 17.1 Å². The van der Waals surface area contributed by atoms with Crippen LogP contribution in [-0.4, -0.2) is 32.1 Å². The van der Waals surface area contributed by atoms with Gasteiger partial charge < -0.3 is 14.8 Å². The number of rotatable bonds is 8. The second-order valence-electron chi connectivity index (χ2n) is 6.33. The van der Waals surface area contributed by atoms with Crippen LogP contribution in [0.1, 0.15) is 34.8 Å². The first kappa shape index (κ1) is 18.7. The SMILES string of the molecule is COc1cc(OC)cc(C(=O)NNC(C(=O)NC2CC2)c2ccccc2)c1. The van der Waals surface area contributed by atoms with Crippen molar-refractivity contribution in [1.29, 1.82) is 0 Å². The van der Waals surface area contributed by atoms with E-state index in [4.69, 9.17) is 9.47 Å². The third kappa shape index (κ3) is 4.98. The normalized spacial score (nSPS) is 14.1. The molecule has 1 unspecified atom stereocenters. The first-order valence-corrected chi connectivity index (χ1v) is 8.75.